The molecular weight excluding hydrogens is 192 g/mol. The molecule has 5 nitrogen and oxygen atoms in total. The molecule has 2 aromatic heterocycles. The van der Waals surface area contributed by atoms with Crippen molar-refractivity contribution in [2.75, 3.05) is 0 Å². The molecule has 0 atom stereocenters. The van der Waals surface area contributed by atoms with Crippen molar-refractivity contribution < 1.29 is 4.79 Å². The van der Waals surface area contributed by atoms with Gasteiger partial charge < -0.3 is 0 Å². The van der Waals surface area contributed by atoms with Gasteiger partial charge in [0, 0.05) is 18.5 Å². The van der Waals surface area contributed by atoms with Crippen LogP contribution in [0.3, 0.4) is 0 Å². The van der Waals surface area contributed by atoms with Gasteiger partial charge in [-0.15, -0.1) is 0 Å². The summed E-state index contributed by atoms with van der Waals surface area (Å²) in [4.78, 5) is 18.3. The molecule has 1 aliphatic rings. The third-order valence-corrected chi connectivity index (χ3v) is 2.70. The highest BCUT2D eigenvalue weighted by Crippen LogP contribution is 2.48. The predicted molar refractivity (Wildman–Crippen MR) is 52.0 cm³/mol. The van der Waals surface area contributed by atoms with E-state index < -0.39 is 5.54 Å². The lowest BCUT2D eigenvalue weighted by Crippen LogP contribution is -2.03. The smallest absolute Gasteiger partial charge is 0.235 e. The van der Waals surface area contributed by atoms with Gasteiger partial charge in [0.15, 0.2) is 5.65 Å². The Hall–Kier alpha value is -2.00. The monoisotopic (exact) mass is 200 g/mol. The van der Waals surface area contributed by atoms with Gasteiger partial charge in [-0.05, 0) is 18.9 Å². The number of nitrogens with zero attached hydrogens (tertiary/aromatic N) is 4. The summed E-state index contributed by atoms with van der Waals surface area (Å²) in [5.41, 5.74) is 1.18. The standard InChI is InChI=1S/C10H8N4O/c15-7-12-10(2-3-10)8-6-9-11-4-1-5-14(9)13-8/h1,4-6H,2-3H2. The predicted octanol–water partition coefficient (Wildman–Crippen LogP) is 1.05. The fraction of sp³-hybridized carbons (Fsp3) is 0.300. The first-order valence-corrected chi connectivity index (χ1v) is 4.74. The largest absolute Gasteiger partial charge is 0.237 e. The number of aromatic nitrogens is 3. The lowest BCUT2D eigenvalue weighted by Gasteiger charge is -1.99. The first kappa shape index (κ1) is 8.32. The van der Waals surface area contributed by atoms with Crippen molar-refractivity contribution in [3.8, 4) is 0 Å². The van der Waals surface area contributed by atoms with Crippen LogP contribution in [-0.4, -0.2) is 20.7 Å². The minimum Gasteiger partial charge on any atom is -0.237 e. The van der Waals surface area contributed by atoms with Crippen LogP contribution in [0.2, 0.25) is 0 Å². The molecule has 2 heterocycles. The van der Waals surface area contributed by atoms with Crippen molar-refractivity contribution in [1.82, 2.24) is 14.6 Å². The van der Waals surface area contributed by atoms with E-state index in [0.29, 0.717) is 0 Å². The van der Waals surface area contributed by atoms with Crippen molar-refractivity contribution in [2.24, 2.45) is 4.99 Å². The van der Waals surface area contributed by atoms with Gasteiger partial charge in [-0.25, -0.2) is 14.3 Å². The number of hydrogen-bond acceptors (Lipinski definition) is 4. The number of hydrogen-bond donors (Lipinski definition) is 0. The highest BCUT2D eigenvalue weighted by Gasteiger charge is 2.47. The normalized spacial score (nSPS) is 17.3. The van der Waals surface area contributed by atoms with E-state index in [2.05, 4.69) is 15.1 Å². The van der Waals surface area contributed by atoms with Crippen molar-refractivity contribution >= 4 is 11.7 Å². The number of isocyanates is 1. The van der Waals surface area contributed by atoms with E-state index in [1.807, 2.05) is 18.3 Å². The van der Waals surface area contributed by atoms with Crippen molar-refractivity contribution in [2.45, 2.75) is 18.4 Å². The molecular formula is C10H8N4O. The van der Waals surface area contributed by atoms with Crippen LogP contribution in [0.25, 0.3) is 5.65 Å². The Morgan fingerprint density at radius 3 is 3.07 bits per heavy atom. The Morgan fingerprint density at radius 2 is 2.40 bits per heavy atom. The molecule has 2 aromatic rings. The number of fused-ring (bicyclic) bond motifs is 1. The van der Waals surface area contributed by atoms with Crippen LogP contribution in [0.5, 0.6) is 0 Å². The van der Waals surface area contributed by atoms with Crippen molar-refractivity contribution in [3.05, 3.63) is 30.2 Å². The Labute approximate surface area is 85.5 Å². The second-order valence-corrected chi connectivity index (χ2v) is 3.69. The van der Waals surface area contributed by atoms with Crippen LogP contribution in [0.15, 0.2) is 29.5 Å². The van der Waals surface area contributed by atoms with Crippen LogP contribution in [0, 0.1) is 0 Å². The van der Waals surface area contributed by atoms with Crippen molar-refractivity contribution in [3.63, 3.8) is 0 Å². The van der Waals surface area contributed by atoms with Crippen molar-refractivity contribution in [1.29, 1.82) is 0 Å². The fourth-order valence-electron chi connectivity index (χ4n) is 1.69. The summed E-state index contributed by atoms with van der Waals surface area (Å²) in [5, 5.41) is 4.35. The summed E-state index contributed by atoms with van der Waals surface area (Å²) >= 11 is 0. The minimum atomic E-state index is -0.407. The molecule has 5 heteroatoms. The third-order valence-electron chi connectivity index (χ3n) is 2.70. The van der Waals surface area contributed by atoms with E-state index in [4.69, 9.17) is 0 Å². The van der Waals surface area contributed by atoms with Gasteiger partial charge in [0.25, 0.3) is 0 Å². The quantitative estimate of drug-likeness (QED) is 0.537. The maximum absolute atomic E-state index is 10.3. The van der Waals surface area contributed by atoms with Gasteiger partial charge in [0.1, 0.15) is 5.54 Å². The average molecular weight is 200 g/mol. The maximum Gasteiger partial charge on any atom is 0.235 e. The number of aliphatic imine (C=N–C) groups is 1. The summed E-state index contributed by atoms with van der Waals surface area (Å²) in [6.07, 6.45) is 6.89. The average Bonchev–Trinajstić information content (AvgIpc) is 2.91. The van der Waals surface area contributed by atoms with E-state index in [-0.39, 0.29) is 0 Å². The van der Waals surface area contributed by atoms with Gasteiger partial charge in [-0.1, -0.05) is 0 Å². The minimum absolute atomic E-state index is 0.407. The Bertz CT molecular complexity index is 531. The van der Waals surface area contributed by atoms with E-state index in [1.165, 1.54) is 0 Å². The van der Waals surface area contributed by atoms with Crippen LogP contribution in [0.4, 0.5) is 0 Å². The summed E-state index contributed by atoms with van der Waals surface area (Å²) < 4.78 is 1.69. The van der Waals surface area contributed by atoms with Gasteiger partial charge >= 0.3 is 0 Å². The molecule has 0 aromatic carbocycles. The zero-order valence-electron chi connectivity index (χ0n) is 7.92. The Kier molecular flexibility index (Phi) is 1.52. The lowest BCUT2D eigenvalue weighted by molar-refractivity contribution is 0.554. The van der Waals surface area contributed by atoms with Gasteiger partial charge in [-0.3, -0.25) is 0 Å². The van der Waals surface area contributed by atoms with Crippen LogP contribution >= 0.6 is 0 Å². The van der Waals surface area contributed by atoms with E-state index >= 15 is 0 Å². The molecule has 0 N–H and O–H groups in total. The second kappa shape index (κ2) is 2.74. The Morgan fingerprint density at radius 1 is 1.53 bits per heavy atom. The first-order valence-electron chi connectivity index (χ1n) is 4.74. The highest BCUT2D eigenvalue weighted by atomic mass is 16.1. The molecule has 0 aliphatic heterocycles. The molecule has 3 rings (SSSR count). The van der Waals surface area contributed by atoms with Crippen LogP contribution in [-0.2, 0) is 10.3 Å². The number of carbonyl (C=O) groups excluding carboxylic acids is 1. The summed E-state index contributed by atoms with van der Waals surface area (Å²) in [6, 6.07) is 3.68. The van der Waals surface area contributed by atoms with Gasteiger partial charge in [-0.2, -0.15) is 10.1 Å². The topological polar surface area (TPSA) is 59.6 Å². The zero-order valence-corrected chi connectivity index (χ0v) is 7.92. The molecule has 1 saturated carbocycles. The zero-order chi connectivity index (χ0) is 10.3. The summed E-state index contributed by atoms with van der Waals surface area (Å²) in [6.45, 7) is 0. The molecule has 1 fully saturated rings. The van der Waals surface area contributed by atoms with Gasteiger partial charge in [0.2, 0.25) is 6.08 Å². The molecule has 15 heavy (non-hydrogen) atoms. The fourth-order valence-corrected chi connectivity index (χ4v) is 1.69. The molecule has 0 spiro atoms. The molecule has 0 bridgehead atoms. The molecule has 0 unspecified atom stereocenters. The lowest BCUT2D eigenvalue weighted by atomic mass is 10.2. The summed E-state index contributed by atoms with van der Waals surface area (Å²) in [5.74, 6) is 0. The molecule has 0 saturated heterocycles. The number of rotatable bonds is 2. The van der Waals surface area contributed by atoms with E-state index in [9.17, 15) is 4.79 Å². The van der Waals surface area contributed by atoms with Crippen LogP contribution in [0.1, 0.15) is 18.5 Å². The van der Waals surface area contributed by atoms with Gasteiger partial charge in [0.05, 0.1) is 5.69 Å². The van der Waals surface area contributed by atoms with E-state index in [1.54, 1.807) is 16.8 Å². The van der Waals surface area contributed by atoms with Crippen LogP contribution < -0.4 is 0 Å². The Balaban J connectivity index is 2.16. The van der Waals surface area contributed by atoms with E-state index in [0.717, 1.165) is 24.2 Å². The summed E-state index contributed by atoms with van der Waals surface area (Å²) in [7, 11) is 0. The SMILES string of the molecule is O=C=NC1(c2cc3ncccn3n2)CC1. The molecule has 1 aliphatic carbocycles. The molecule has 0 amide bonds. The molecule has 0 radical (unpaired) electrons. The molecule has 74 valence electrons. The third kappa shape index (κ3) is 1.17. The first-order chi connectivity index (χ1) is 7.34. The second-order valence-electron chi connectivity index (χ2n) is 3.69. The maximum atomic E-state index is 10.3. The highest BCUT2D eigenvalue weighted by molar-refractivity contribution is 5.45.